The van der Waals surface area contributed by atoms with Gasteiger partial charge in [0, 0.05) is 23.4 Å². The molecule has 2 rings (SSSR count). The molecule has 160 valence electrons. The first-order valence-corrected chi connectivity index (χ1v) is 10.7. The lowest BCUT2D eigenvalue weighted by molar-refractivity contribution is -0.119. The van der Waals surface area contributed by atoms with Crippen molar-refractivity contribution in [3.63, 3.8) is 0 Å². The van der Waals surface area contributed by atoms with Gasteiger partial charge in [-0.1, -0.05) is 52.7 Å². The number of anilines is 2. The highest BCUT2D eigenvalue weighted by atomic mass is 32.1. The summed E-state index contributed by atoms with van der Waals surface area (Å²) in [4.78, 5) is 24.3. The van der Waals surface area contributed by atoms with Crippen LogP contribution in [0.3, 0.4) is 0 Å². The van der Waals surface area contributed by atoms with E-state index in [-0.39, 0.29) is 22.3 Å². The second-order valence-corrected chi connectivity index (χ2v) is 8.73. The summed E-state index contributed by atoms with van der Waals surface area (Å²) in [5, 5.41) is 8.82. The van der Waals surface area contributed by atoms with Gasteiger partial charge in [0.05, 0.1) is 0 Å². The van der Waals surface area contributed by atoms with Crippen molar-refractivity contribution >= 4 is 40.5 Å². The van der Waals surface area contributed by atoms with Crippen LogP contribution in [0.2, 0.25) is 0 Å². The molecule has 2 aromatic carbocycles. The Morgan fingerprint density at radius 2 is 1.43 bits per heavy atom. The number of nitrogens with one attached hydrogen (secondary N) is 3. The minimum Gasteiger partial charge on any atom is -0.332 e. The number of hydrogen-bond acceptors (Lipinski definition) is 3. The van der Waals surface area contributed by atoms with E-state index < -0.39 is 0 Å². The predicted molar refractivity (Wildman–Crippen MR) is 128 cm³/mol. The summed E-state index contributed by atoms with van der Waals surface area (Å²) in [5.41, 5.74) is 3.26. The molecule has 0 aliphatic carbocycles. The molecule has 0 heterocycles. The van der Waals surface area contributed by atoms with E-state index in [4.69, 9.17) is 12.2 Å². The van der Waals surface area contributed by atoms with Gasteiger partial charge in [0.25, 0.3) is 5.91 Å². The number of hydrogen-bond donors (Lipinski definition) is 3. The Bertz CT molecular complexity index is 869. The number of unbranched alkanes of at least 4 members (excludes halogenated alkanes) is 2. The first-order valence-electron chi connectivity index (χ1n) is 10.3. The van der Waals surface area contributed by atoms with Crippen LogP contribution in [0.15, 0.2) is 48.5 Å². The molecule has 0 aliphatic heterocycles. The Balaban J connectivity index is 1.87. The Labute approximate surface area is 184 Å². The van der Waals surface area contributed by atoms with Crippen molar-refractivity contribution in [1.29, 1.82) is 0 Å². The molecule has 0 bridgehead atoms. The number of carbonyl (C=O) groups is 2. The van der Waals surface area contributed by atoms with Gasteiger partial charge in [0.1, 0.15) is 0 Å². The summed E-state index contributed by atoms with van der Waals surface area (Å²) in [7, 11) is 0. The lowest BCUT2D eigenvalue weighted by Crippen LogP contribution is -2.33. The van der Waals surface area contributed by atoms with Gasteiger partial charge < -0.3 is 16.0 Å². The lowest BCUT2D eigenvalue weighted by atomic mass is 9.87. The molecule has 0 saturated carbocycles. The van der Waals surface area contributed by atoms with Crippen molar-refractivity contribution in [1.82, 2.24) is 5.32 Å². The molecule has 6 heteroatoms. The molecular weight excluding hydrogens is 394 g/mol. The van der Waals surface area contributed by atoms with E-state index in [0.29, 0.717) is 17.7 Å². The maximum absolute atomic E-state index is 12.5. The molecule has 0 unspecified atom stereocenters. The fourth-order valence-corrected chi connectivity index (χ4v) is 3.08. The Morgan fingerprint density at radius 1 is 0.867 bits per heavy atom. The number of amides is 2. The van der Waals surface area contributed by atoms with Gasteiger partial charge in [-0.2, -0.15) is 0 Å². The van der Waals surface area contributed by atoms with Crippen molar-refractivity contribution < 1.29 is 9.59 Å². The number of benzene rings is 2. The van der Waals surface area contributed by atoms with Crippen molar-refractivity contribution in [2.45, 2.75) is 58.8 Å². The monoisotopic (exact) mass is 425 g/mol. The second kappa shape index (κ2) is 10.9. The van der Waals surface area contributed by atoms with Crippen LogP contribution < -0.4 is 16.0 Å². The highest BCUT2D eigenvalue weighted by Crippen LogP contribution is 2.22. The van der Waals surface area contributed by atoms with E-state index in [1.54, 1.807) is 24.3 Å². The van der Waals surface area contributed by atoms with Crippen LogP contribution in [-0.2, 0) is 10.2 Å². The van der Waals surface area contributed by atoms with E-state index >= 15 is 0 Å². The zero-order valence-electron chi connectivity index (χ0n) is 18.2. The van der Waals surface area contributed by atoms with Gasteiger partial charge in [-0.15, -0.1) is 0 Å². The first kappa shape index (κ1) is 23.5. The molecule has 5 nitrogen and oxygen atoms in total. The average molecular weight is 426 g/mol. The fourth-order valence-electron chi connectivity index (χ4n) is 2.85. The number of carbonyl (C=O) groups excluding carboxylic acids is 2. The molecule has 2 aromatic rings. The fraction of sp³-hybridized carbons (Fsp3) is 0.375. The third kappa shape index (κ3) is 7.59. The molecule has 0 fully saturated rings. The molecule has 0 spiro atoms. The van der Waals surface area contributed by atoms with Gasteiger partial charge in [0.2, 0.25) is 5.91 Å². The van der Waals surface area contributed by atoms with Crippen LogP contribution in [0, 0.1) is 0 Å². The molecule has 0 aliphatic rings. The average Bonchev–Trinajstić information content (AvgIpc) is 2.69. The van der Waals surface area contributed by atoms with Crippen LogP contribution in [0.25, 0.3) is 0 Å². The quantitative estimate of drug-likeness (QED) is 0.397. The largest absolute Gasteiger partial charge is 0.332 e. The standard InChI is InChI=1S/C24H31N3O2S/c1-5-6-7-8-21(28)27-23(30)26-20-15-13-19(14-16-20)25-22(29)17-9-11-18(12-10-17)24(2,3)4/h9-16H,5-8H2,1-4H3,(H,25,29)(H2,26,27,28,30). The molecular formula is C24H31N3O2S. The van der Waals surface area contributed by atoms with E-state index in [9.17, 15) is 9.59 Å². The molecule has 0 saturated heterocycles. The third-order valence-electron chi connectivity index (χ3n) is 4.67. The van der Waals surface area contributed by atoms with Crippen molar-refractivity contribution in [3.8, 4) is 0 Å². The van der Waals surface area contributed by atoms with Crippen molar-refractivity contribution in [2.75, 3.05) is 10.6 Å². The van der Waals surface area contributed by atoms with E-state index in [0.717, 1.165) is 24.9 Å². The van der Waals surface area contributed by atoms with Crippen LogP contribution >= 0.6 is 12.2 Å². The minimum absolute atomic E-state index is 0.0490. The lowest BCUT2D eigenvalue weighted by Gasteiger charge is -2.19. The van der Waals surface area contributed by atoms with Crippen LogP contribution in [-0.4, -0.2) is 16.9 Å². The molecule has 30 heavy (non-hydrogen) atoms. The molecule has 2 amide bonds. The topological polar surface area (TPSA) is 70.2 Å². The van der Waals surface area contributed by atoms with Crippen molar-refractivity contribution in [3.05, 3.63) is 59.7 Å². The van der Waals surface area contributed by atoms with Gasteiger partial charge in [0.15, 0.2) is 5.11 Å². The molecule has 3 N–H and O–H groups in total. The Kier molecular flexibility index (Phi) is 8.54. The highest BCUT2D eigenvalue weighted by Gasteiger charge is 2.14. The van der Waals surface area contributed by atoms with Gasteiger partial charge >= 0.3 is 0 Å². The summed E-state index contributed by atoms with van der Waals surface area (Å²) in [5.74, 6) is -0.242. The zero-order valence-corrected chi connectivity index (χ0v) is 19.0. The smallest absolute Gasteiger partial charge is 0.255 e. The SMILES string of the molecule is CCCCCC(=O)NC(=S)Nc1ccc(NC(=O)c2ccc(C(C)(C)C)cc2)cc1. The number of rotatable bonds is 7. The first-order chi connectivity index (χ1) is 14.2. The van der Waals surface area contributed by atoms with Crippen LogP contribution in [0.4, 0.5) is 11.4 Å². The summed E-state index contributed by atoms with van der Waals surface area (Å²) in [6.45, 7) is 8.52. The normalized spacial score (nSPS) is 10.9. The van der Waals surface area contributed by atoms with Crippen LogP contribution in [0.1, 0.15) is 69.3 Å². The Morgan fingerprint density at radius 3 is 1.97 bits per heavy atom. The molecule has 0 radical (unpaired) electrons. The number of thiocarbonyl (C=S) groups is 1. The zero-order chi connectivity index (χ0) is 22.1. The summed E-state index contributed by atoms with van der Waals surface area (Å²) in [6.07, 6.45) is 3.43. The van der Waals surface area contributed by atoms with Gasteiger partial charge in [-0.05, 0) is 66.0 Å². The molecule has 0 aromatic heterocycles. The second-order valence-electron chi connectivity index (χ2n) is 8.32. The van der Waals surface area contributed by atoms with E-state index in [2.05, 4.69) is 43.6 Å². The molecule has 0 atom stereocenters. The van der Waals surface area contributed by atoms with E-state index in [1.807, 2.05) is 24.3 Å². The Hall–Kier alpha value is -2.73. The van der Waals surface area contributed by atoms with Gasteiger partial charge in [-0.25, -0.2) is 0 Å². The summed E-state index contributed by atoms with van der Waals surface area (Å²) in [6, 6.07) is 14.8. The van der Waals surface area contributed by atoms with Gasteiger partial charge in [-0.3, -0.25) is 9.59 Å². The minimum atomic E-state index is -0.161. The maximum atomic E-state index is 12.5. The third-order valence-corrected chi connectivity index (χ3v) is 4.88. The van der Waals surface area contributed by atoms with Crippen LogP contribution in [0.5, 0.6) is 0 Å². The maximum Gasteiger partial charge on any atom is 0.255 e. The summed E-state index contributed by atoms with van der Waals surface area (Å²) < 4.78 is 0. The predicted octanol–water partition coefficient (Wildman–Crippen LogP) is 5.63. The summed E-state index contributed by atoms with van der Waals surface area (Å²) >= 11 is 5.18. The highest BCUT2D eigenvalue weighted by molar-refractivity contribution is 7.80. The van der Waals surface area contributed by atoms with E-state index in [1.165, 1.54) is 5.56 Å². The van der Waals surface area contributed by atoms with Crippen molar-refractivity contribution in [2.24, 2.45) is 0 Å².